The molecule has 0 radical (unpaired) electrons. The van der Waals surface area contributed by atoms with Crippen molar-refractivity contribution in [3.8, 4) is 11.3 Å². The van der Waals surface area contributed by atoms with Crippen LogP contribution in [0.5, 0.6) is 0 Å². The fourth-order valence-electron chi connectivity index (χ4n) is 3.94. The van der Waals surface area contributed by atoms with Crippen molar-refractivity contribution in [1.29, 1.82) is 0 Å². The molecular formula is C21H19ClF2N2O2S. The smallest absolute Gasteiger partial charge is 0.271 e. The predicted molar refractivity (Wildman–Crippen MR) is 109 cm³/mol. The minimum absolute atomic E-state index is 0.0649. The van der Waals surface area contributed by atoms with Crippen LogP contribution in [0.15, 0.2) is 53.6 Å². The van der Waals surface area contributed by atoms with Gasteiger partial charge in [-0.2, -0.15) is 0 Å². The Hall–Kier alpha value is -2.22. The molecule has 0 saturated heterocycles. The van der Waals surface area contributed by atoms with Gasteiger partial charge in [-0.1, -0.05) is 23.7 Å². The monoisotopic (exact) mass is 436 g/mol. The van der Waals surface area contributed by atoms with Gasteiger partial charge in [0.25, 0.3) is 10.0 Å². The van der Waals surface area contributed by atoms with Gasteiger partial charge in [0.15, 0.2) is 0 Å². The van der Waals surface area contributed by atoms with Crippen LogP contribution in [0.1, 0.15) is 30.0 Å². The lowest BCUT2D eigenvalue weighted by Crippen LogP contribution is -2.20. The minimum Gasteiger partial charge on any atom is -0.313 e. The summed E-state index contributed by atoms with van der Waals surface area (Å²) in [4.78, 5) is -0.545. The van der Waals surface area contributed by atoms with Gasteiger partial charge in [0.2, 0.25) is 0 Å². The van der Waals surface area contributed by atoms with E-state index in [-0.39, 0.29) is 22.3 Å². The van der Waals surface area contributed by atoms with Crippen LogP contribution in [0.3, 0.4) is 0 Å². The number of halogens is 3. The quantitative estimate of drug-likeness (QED) is 0.631. The van der Waals surface area contributed by atoms with Gasteiger partial charge in [0.1, 0.15) is 16.5 Å². The van der Waals surface area contributed by atoms with Gasteiger partial charge in [0, 0.05) is 22.8 Å². The molecule has 1 heterocycles. The van der Waals surface area contributed by atoms with Crippen LogP contribution in [0.4, 0.5) is 8.78 Å². The highest BCUT2D eigenvalue weighted by Crippen LogP contribution is 2.40. The summed E-state index contributed by atoms with van der Waals surface area (Å²) in [6, 6.07) is 9.31. The Morgan fingerprint density at radius 1 is 1.14 bits per heavy atom. The molecule has 1 aliphatic rings. The van der Waals surface area contributed by atoms with Gasteiger partial charge < -0.3 is 5.32 Å². The van der Waals surface area contributed by atoms with E-state index >= 15 is 0 Å². The Bertz CT molecular complexity index is 1190. The number of benzene rings is 2. The van der Waals surface area contributed by atoms with Crippen molar-refractivity contribution in [3.05, 3.63) is 76.4 Å². The van der Waals surface area contributed by atoms with Crippen LogP contribution in [-0.2, 0) is 16.4 Å². The van der Waals surface area contributed by atoms with E-state index in [0.717, 1.165) is 40.1 Å². The number of aromatic nitrogens is 1. The summed E-state index contributed by atoms with van der Waals surface area (Å²) < 4.78 is 57.0. The van der Waals surface area contributed by atoms with Crippen LogP contribution in [-0.4, -0.2) is 19.4 Å². The highest BCUT2D eigenvalue weighted by molar-refractivity contribution is 7.90. The van der Waals surface area contributed by atoms with Gasteiger partial charge in [-0.15, -0.1) is 0 Å². The van der Waals surface area contributed by atoms with Crippen molar-refractivity contribution in [1.82, 2.24) is 9.29 Å². The van der Waals surface area contributed by atoms with E-state index < -0.39 is 26.6 Å². The first-order valence-corrected chi connectivity index (χ1v) is 11.0. The van der Waals surface area contributed by atoms with Crippen molar-refractivity contribution >= 4 is 21.6 Å². The Balaban J connectivity index is 2.05. The normalized spacial score (nSPS) is 16.6. The van der Waals surface area contributed by atoms with E-state index in [4.69, 9.17) is 11.6 Å². The Morgan fingerprint density at radius 3 is 2.62 bits per heavy atom. The molecule has 0 aliphatic heterocycles. The first kappa shape index (κ1) is 20.1. The molecule has 4 rings (SSSR count). The summed E-state index contributed by atoms with van der Waals surface area (Å²) in [6.45, 7) is 0. The number of hydrogen-bond acceptors (Lipinski definition) is 3. The second-order valence-corrected chi connectivity index (χ2v) is 9.22. The maximum Gasteiger partial charge on any atom is 0.271 e. The molecule has 3 aromatic rings. The molecule has 8 heteroatoms. The molecule has 0 amide bonds. The maximum atomic E-state index is 14.7. The SMILES string of the molecule is CNC1CCCc2c1cn(S(=O)(=O)c1cc(Cl)ccc1F)c2-c1ccccc1F. The Morgan fingerprint density at radius 2 is 1.90 bits per heavy atom. The average molecular weight is 437 g/mol. The minimum atomic E-state index is -4.35. The number of nitrogens with one attached hydrogen (secondary N) is 1. The van der Waals surface area contributed by atoms with E-state index in [0.29, 0.717) is 6.42 Å². The number of hydrogen-bond donors (Lipinski definition) is 1. The van der Waals surface area contributed by atoms with Gasteiger partial charge >= 0.3 is 0 Å². The standard InChI is InChI=1S/C21H19ClF2N2O2S/c1-25-19-8-4-6-14-16(19)12-26(21(14)15-5-2-3-7-17(15)23)29(27,28)20-11-13(22)9-10-18(20)24/h2-3,5,7,9-12,19,25H,4,6,8H2,1H3. The van der Waals surface area contributed by atoms with Crippen LogP contribution in [0, 0.1) is 11.6 Å². The van der Waals surface area contributed by atoms with Crippen LogP contribution >= 0.6 is 11.6 Å². The van der Waals surface area contributed by atoms with Crippen molar-refractivity contribution < 1.29 is 17.2 Å². The van der Waals surface area contributed by atoms with Gasteiger partial charge in [-0.25, -0.2) is 21.2 Å². The average Bonchev–Trinajstić information content (AvgIpc) is 3.10. The van der Waals surface area contributed by atoms with Crippen molar-refractivity contribution in [2.75, 3.05) is 7.05 Å². The number of fused-ring (bicyclic) bond motifs is 1. The first-order chi connectivity index (χ1) is 13.8. The third kappa shape index (κ3) is 3.37. The van der Waals surface area contributed by atoms with Crippen LogP contribution in [0.25, 0.3) is 11.3 Å². The Labute approximate surface area is 173 Å². The molecule has 1 aliphatic carbocycles. The molecule has 4 nitrogen and oxygen atoms in total. The zero-order valence-electron chi connectivity index (χ0n) is 15.6. The fourth-order valence-corrected chi connectivity index (χ4v) is 5.69. The first-order valence-electron chi connectivity index (χ1n) is 9.21. The van der Waals surface area contributed by atoms with Crippen LogP contribution < -0.4 is 5.32 Å². The van der Waals surface area contributed by atoms with E-state index in [2.05, 4.69) is 5.32 Å². The molecule has 1 N–H and O–H groups in total. The Kier molecular flexibility index (Phi) is 5.23. The molecular weight excluding hydrogens is 418 g/mol. The molecule has 1 unspecified atom stereocenters. The zero-order chi connectivity index (χ0) is 20.8. The van der Waals surface area contributed by atoms with E-state index in [1.807, 2.05) is 0 Å². The highest BCUT2D eigenvalue weighted by Gasteiger charge is 2.32. The molecule has 2 aromatic carbocycles. The van der Waals surface area contributed by atoms with Crippen LogP contribution in [0.2, 0.25) is 5.02 Å². The topological polar surface area (TPSA) is 51.1 Å². The second-order valence-electron chi connectivity index (χ2n) is 7.00. The third-order valence-electron chi connectivity index (χ3n) is 5.31. The lowest BCUT2D eigenvalue weighted by atomic mass is 9.88. The van der Waals surface area contributed by atoms with E-state index in [1.54, 1.807) is 19.2 Å². The van der Waals surface area contributed by atoms with E-state index in [9.17, 15) is 17.2 Å². The van der Waals surface area contributed by atoms with E-state index in [1.165, 1.54) is 24.4 Å². The largest absolute Gasteiger partial charge is 0.313 e. The zero-order valence-corrected chi connectivity index (χ0v) is 17.2. The summed E-state index contributed by atoms with van der Waals surface area (Å²) >= 11 is 5.93. The number of nitrogens with zero attached hydrogens (tertiary/aromatic N) is 1. The van der Waals surface area contributed by atoms with Crippen molar-refractivity contribution in [3.63, 3.8) is 0 Å². The predicted octanol–water partition coefficient (Wildman–Crippen LogP) is 4.92. The van der Waals surface area contributed by atoms with Crippen molar-refractivity contribution in [2.24, 2.45) is 0 Å². The lowest BCUT2D eigenvalue weighted by Gasteiger charge is -2.22. The molecule has 0 saturated carbocycles. The van der Waals surface area contributed by atoms with Gasteiger partial charge in [0.05, 0.1) is 5.69 Å². The highest BCUT2D eigenvalue weighted by atomic mass is 35.5. The molecule has 1 atom stereocenters. The maximum absolute atomic E-state index is 14.7. The number of rotatable bonds is 4. The second kappa shape index (κ2) is 7.55. The molecule has 29 heavy (non-hydrogen) atoms. The summed E-state index contributed by atoms with van der Waals surface area (Å²) in [5, 5.41) is 3.28. The molecule has 1 aromatic heterocycles. The molecule has 0 bridgehead atoms. The summed E-state index contributed by atoms with van der Waals surface area (Å²) in [6.07, 6.45) is 3.75. The summed E-state index contributed by atoms with van der Waals surface area (Å²) in [5.41, 5.74) is 1.93. The van der Waals surface area contributed by atoms with Gasteiger partial charge in [-0.3, -0.25) is 0 Å². The van der Waals surface area contributed by atoms with Crippen molar-refractivity contribution in [2.45, 2.75) is 30.2 Å². The third-order valence-corrected chi connectivity index (χ3v) is 7.22. The van der Waals surface area contributed by atoms with Gasteiger partial charge in [-0.05, 0) is 67.8 Å². The molecule has 152 valence electrons. The fraction of sp³-hybridized carbons (Fsp3) is 0.238. The molecule has 0 spiro atoms. The molecule has 0 fully saturated rings. The lowest BCUT2D eigenvalue weighted by molar-refractivity contribution is 0.499. The summed E-state index contributed by atoms with van der Waals surface area (Å²) in [5.74, 6) is -1.45. The summed E-state index contributed by atoms with van der Waals surface area (Å²) in [7, 11) is -2.55.